The third-order valence-corrected chi connectivity index (χ3v) is 5.15. The summed E-state index contributed by atoms with van der Waals surface area (Å²) >= 11 is 0. The van der Waals surface area contributed by atoms with Gasteiger partial charge in [0.05, 0.1) is 11.3 Å². The molecular formula is C18H23N3O. The predicted octanol–water partition coefficient (Wildman–Crippen LogP) is 3.41. The first-order valence-corrected chi connectivity index (χ1v) is 7.88. The van der Waals surface area contributed by atoms with Crippen LogP contribution in [0, 0.1) is 19.8 Å². The molecular weight excluding hydrogens is 274 g/mol. The number of hydrogen-bond acceptors (Lipinski definition) is 2. The Kier molecular flexibility index (Phi) is 3.55. The highest BCUT2D eigenvalue weighted by Crippen LogP contribution is 2.42. The van der Waals surface area contributed by atoms with Crippen LogP contribution in [0.15, 0.2) is 18.3 Å². The molecule has 0 saturated heterocycles. The van der Waals surface area contributed by atoms with E-state index in [1.807, 2.05) is 19.9 Å². The monoisotopic (exact) mass is 297 g/mol. The largest absolute Gasteiger partial charge is 0.366 e. The Bertz CT molecular complexity index is 745. The summed E-state index contributed by atoms with van der Waals surface area (Å²) in [5, 5.41) is 0. The van der Waals surface area contributed by atoms with Crippen LogP contribution < -0.4 is 5.73 Å². The van der Waals surface area contributed by atoms with Gasteiger partial charge in [-0.15, -0.1) is 0 Å². The minimum atomic E-state index is -0.324. The van der Waals surface area contributed by atoms with Crippen LogP contribution in [-0.4, -0.2) is 15.5 Å². The van der Waals surface area contributed by atoms with Crippen LogP contribution in [0.5, 0.6) is 0 Å². The number of aromatic nitrogens is 2. The molecule has 0 fully saturated rings. The van der Waals surface area contributed by atoms with Crippen molar-refractivity contribution in [2.75, 3.05) is 0 Å². The number of fused-ring (bicyclic) bond motifs is 1. The van der Waals surface area contributed by atoms with Gasteiger partial charge in [0.2, 0.25) is 0 Å². The van der Waals surface area contributed by atoms with Gasteiger partial charge in [-0.3, -0.25) is 9.78 Å². The number of amides is 1. The number of nitrogens with two attached hydrogens (primary N) is 1. The molecule has 2 unspecified atom stereocenters. The molecule has 2 aromatic rings. The molecule has 2 aromatic heterocycles. The molecule has 0 bridgehead atoms. The summed E-state index contributed by atoms with van der Waals surface area (Å²) in [6.07, 6.45) is 2.92. The van der Waals surface area contributed by atoms with Crippen LogP contribution in [0.2, 0.25) is 0 Å². The second kappa shape index (κ2) is 5.27. The Hall–Kier alpha value is -2.10. The summed E-state index contributed by atoms with van der Waals surface area (Å²) in [4.78, 5) is 16.5. The minimum Gasteiger partial charge on any atom is -0.366 e. The number of aryl methyl sites for hydroxylation is 1. The third kappa shape index (κ3) is 2.05. The van der Waals surface area contributed by atoms with Crippen molar-refractivity contribution in [3.8, 4) is 11.3 Å². The van der Waals surface area contributed by atoms with Gasteiger partial charge < -0.3 is 10.3 Å². The fourth-order valence-electron chi connectivity index (χ4n) is 3.72. The summed E-state index contributed by atoms with van der Waals surface area (Å²) in [5.74, 6) is 0.568. The molecule has 1 aliphatic rings. The molecule has 0 aromatic carbocycles. The quantitative estimate of drug-likeness (QED) is 0.923. The van der Waals surface area contributed by atoms with E-state index in [1.165, 1.54) is 0 Å². The van der Waals surface area contributed by atoms with Crippen molar-refractivity contribution in [2.45, 2.75) is 46.6 Å². The van der Waals surface area contributed by atoms with E-state index >= 15 is 0 Å². The highest BCUT2D eigenvalue weighted by atomic mass is 16.1. The first-order chi connectivity index (χ1) is 10.4. The van der Waals surface area contributed by atoms with E-state index in [9.17, 15) is 4.79 Å². The number of rotatable bonds is 2. The zero-order chi connectivity index (χ0) is 16.0. The highest BCUT2D eigenvalue weighted by molar-refractivity contribution is 5.98. The Labute approximate surface area is 131 Å². The average Bonchev–Trinajstić information content (AvgIpc) is 2.77. The van der Waals surface area contributed by atoms with Crippen LogP contribution in [0.4, 0.5) is 0 Å². The molecule has 3 heterocycles. The van der Waals surface area contributed by atoms with E-state index in [2.05, 4.69) is 29.5 Å². The van der Waals surface area contributed by atoms with Gasteiger partial charge in [0.1, 0.15) is 0 Å². The van der Waals surface area contributed by atoms with E-state index < -0.39 is 0 Å². The number of nitrogens with zero attached hydrogens (tertiary/aromatic N) is 2. The standard InChI is InChI=1S/C18H23N3O/c1-10-7-9-21-16(14-6-5-8-20-13(14)4)12(3)15(18(19)22)17(21)11(10)2/h5-6,8,10-11H,7,9H2,1-4H3,(H2,19,22). The summed E-state index contributed by atoms with van der Waals surface area (Å²) < 4.78 is 2.30. The number of pyridine rings is 1. The molecule has 1 aliphatic heterocycles. The zero-order valence-electron chi connectivity index (χ0n) is 13.7. The summed E-state index contributed by atoms with van der Waals surface area (Å²) in [5.41, 5.74) is 11.7. The van der Waals surface area contributed by atoms with Crippen molar-refractivity contribution in [1.29, 1.82) is 0 Å². The van der Waals surface area contributed by atoms with E-state index in [-0.39, 0.29) is 5.91 Å². The lowest BCUT2D eigenvalue weighted by atomic mass is 9.85. The van der Waals surface area contributed by atoms with Crippen molar-refractivity contribution in [1.82, 2.24) is 9.55 Å². The fourth-order valence-corrected chi connectivity index (χ4v) is 3.72. The Morgan fingerprint density at radius 3 is 2.73 bits per heavy atom. The highest BCUT2D eigenvalue weighted by Gasteiger charge is 2.33. The molecule has 0 saturated carbocycles. The van der Waals surface area contributed by atoms with Crippen molar-refractivity contribution in [2.24, 2.45) is 11.7 Å². The first kappa shape index (κ1) is 14.8. The topological polar surface area (TPSA) is 60.9 Å². The van der Waals surface area contributed by atoms with Crippen LogP contribution in [0.25, 0.3) is 11.3 Å². The van der Waals surface area contributed by atoms with Crippen molar-refractivity contribution in [3.05, 3.63) is 40.8 Å². The molecule has 0 aliphatic carbocycles. The van der Waals surface area contributed by atoms with Gasteiger partial charge >= 0.3 is 0 Å². The molecule has 2 atom stereocenters. The van der Waals surface area contributed by atoms with Gasteiger partial charge in [-0.2, -0.15) is 0 Å². The lowest BCUT2D eigenvalue weighted by molar-refractivity contribution is 0.0997. The molecule has 22 heavy (non-hydrogen) atoms. The van der Waals surface area contributed by atoms with Crippen LogP contribution >= 0.6 is 0 Å². The first-order valence-electron chi connectivity index (χ1n) is 7.88. The zero-order valence-corrected chi connectivity index (χ0v) is 13.7. The van der Waals surface area contributed by atoms with Gasteiger partial charge in [0.25, 0.3) is 5.91 Å². The lowest BCUT2D eigenvalue weighted by Gasteiger charge is -2.30. The number of carbonyl (C=O) groups is 1. The normalized spacial score (nSPS) is 20.7. The van der Waals surface area contributed by atoms with E-state index in [0.29, 0.717) is 17.4 Å². The SMILES string of the molecule is Cc1ncccc1-c1c(C)c(C(N)=O)c2n1CCC(C)C2C. The molecule has 2 N–H and O–H groups in total. The second-order valence-corrected chi connectivity index (χ2v) is 6.44. The Morgan fingerprint density at radius 1 is 1.36 bits per heavy atom. The fraction of sp³-hybridized carbons (Fsp3) is 0.444. The maximum Gasteiger partial charge on any atom is 0.250 e. The van der Waals surface area contributed by atoms with Crippen molar-refractivity contribution >= 4 is 5.91 Å². The van der Waals surface area contributed by atoms with E-state index in [0.717, 1.165) is 41.2 Å². The molecule has 0 spiro atoms. The molecule has 4 heteroatoms. The molecule has 4 nitrogen and oxygen atoms in total. The smallest absolute Gasteiger partial charge is 0.250 e. The summed E-state index contributed by atoms with van der Waals surface area (Å²) in [6.45, 7) is 9.38. The van der Waals surface area contributed by atoms with E-state index in [1.54, 1.807) is 6.20 Å². The number of carbonyl (C=O) groups excluding carboxylic acids is 1. The Balaban J connectivity index is 2.34. The molecule has 116 valence electrons. The number of hydrogen-bond donors (Lipinski definition) is 1. The lowest BCUT2D eigenvalue weighted by Crippen LogP contribution is -2.24. The van der Waals surface area contributed by atoms with Crippen molar-refractivity contribution in [3.63, 3.8) is 0 Å². The second-order valence-electron chi connectivity index (χ2n) is 6.44. The minimum absolute atomic E-state index is 0.324. The van der Waals surface area contributed by atoms with Gasteiger partial charge in [-0.25, -0.2) is 0 Å². The summed E-state index contributed by atoms with van der Waals surface area (Å²) in [6, 6.07) is 4.02. The average molecular weight is 297 g/mol. The molecule has 3 rings (SSSR count). The Morgan fingerprint density at radius 2 is 2.09 bits per heavy atom. The van der Waals surface area contributed by atoms with Gasteiger partial charge in [0.15, 0.2) is 0 Å². The molecule has 1 amide bonds. The predicted molar refractivity (Wildman–Crippen MR) is 87.9 cm³/mol. The maximum absolute atomic E-state index is 12.1. The summed E-state index contributed by atoms with van der Waals surface area (Å²) in [7, 11) is 0. The molecule has 0 radical (unpaired) electrons. The van der Waals surface area contributed by atoms with E-state index in [4.69, 9.17) is 5.73 Å². The third-order valence-electron chi connectivity index (χ3n) is 5.15. The van der Waals surface area contributed by atoms with Crippen molar-refractivity contribution < 1.29 is 4.79 Å². The van der Waals surface area contributed by atoms with Gasteiger partial charge in [0, 0.05) is 29.7 Å². The van der Waals surface area contributed by atoms with Crippen LogP contribution in [0.1, 0.15) is 53.5 Å². The van der Waals surface area contributed by atoms with Crippen LogP contribution in [-0.2, 0) is 6.54 Å². The number of primary amides is 1. The van der Waals surface area contributed by atoms with Gasteiger partial charge in [-0.05, 0) is 49.8 Å². The maximum atomic E-state index is 12.1. The van der Waals surface area contributed by atoms with Gasteiger partial charge in [-0.1, -0.05) is 13.8 Å². The van der Waals surface area contributed by atoms with Crippen LogP contribution in [0.3, 0.4) is 0 Å².